The van der Waals surface area contributed by atoms with Gasteiger partial charge in [0.25, 0.3) is 5.91 Å². The van der Waals surface area contributed by atoms with E-state index >= 15 is 0 Å². The molecule has 0 atom stereocenters. The van der Waals surface area contributed by atoms with E-state index in [0.717, 1.165) is 11.1 Å². The number of nitrogens with one attached hydrogen (secondary N) is 1. The molecule has 1 heterocycles. The maximum absolute atomic E-state index is 12.3. The molecule has 7 heteroatoms. The third-order valence-electron chi connectivity index (χ3n) is 4.46. The smallest absolute Gasteiger partial charge is 0.262 e. The van der Waals surface area contributed by atoms with Crippen LogP contribution in [0.2, 0.25) is 5.02 Å². The number of amides is 1. The number of methoxy groups -OCH3 is 1. The molecular weight excluding hydrogens is 404 g/mol. The number of hydrogen-bond acceptors (Lipinski definition) is 5. The van der Waals surface area contributed by atoms with Gasteiger partial charge in [-0.2, -0.15) is 0 Å². The molecule has 1 amide bonds. The molecule has 6 nitrogen and oxygen atoms in total. The number of anilines is 1. The monoisotopic (exact) mass is 422 g/mol. The lowest BCUT2D eigenvalue weighted by Crippen LogP contribution is -2.20. The van der Waals surface area contributed by atoms with Gasteiger partial charge < -0.3 is 19.2 Å². The van der Waals surface area contributed by atoms with Crippen LogP contribution in [-0.4, -0.2) is 24.6 Å². The van der Waals surface area contributed by atoms with Gasteiger partial charge in [0.2, 0.25) is 5.89 Å². The fraction of sp³-hybridized carbons (Fsp3) is 0.130. The molecule has 0 saturated carbocycles. The molecular formula is C23H19ClN2O4. The number of rotatable bonds is 6. The Hall–Kier alpha value is -3.51. The number of oxazole rings is 1. The largest absolute Gasteiger partial charge is 0.497 e. The van der Waals surface area contributed by atoms with Crippen molar-refractivity contribution >= 4 is 34.3 Å². The number of halogens is 1. The number of hydrogen-bond donors (Lipinski definition) is 1. The normalized spacial score (nSPS) is 10.8. The first-order chi connectivity index (χ1) is 14.5. The second-order valence-electron chi connectivity index (χ2n) is 6.70. The van der Waals surface area contributed by atoms with E-state index in [4.69, 9.17) is 25.5 Å². The van der Waals surface area contributed by atoms with Gasteiger partial charge in [-0.05, 0) is 67.1 Å². The van der Waals surface area contributed by atoms with E-state index in [1.807, 2.05) is 25.1 Å². The Morgan fingerprint density at radius 3 is 2.60 bits per heavy atom. The summed E-state index contributed by atoms with van der Waals surface area (Å²) >= 11 is 6.26. The van der Waals surface area contributed by atoms with Crippen LogP contribution in [0.1, 0.15) is 5.56 Å². The summed E-state index contributed by atoms with van der Waals surface area (Å²) in [6.07, 6.45) is 0. The number of aryl methyl sites for hydroxylation is 1. The Bertz CT molecular complexity index is 1200. The molecule has 0 bridgehead atoms. The maximum atomic E-state index is 12.3. The van der Waals surface area contributed by atoms with Crippen LogP contribution in [0.25, 0.3) is 22.6 Å². The van der Waals surface area contributed by atoms with E-state index in [2.05, 4.69) is 10.3 Å². The van der Waals surface area contributed by atoms with Crippen LogP contribution in [0.4, 0.5) is 5.69 Å². The average molecular weight is 423 g/mol. The van der Waals surface area contributed by atoms with E-state index in [1.165, 1.54) is 0 Å². The van der Waals surface area contributed by atoms with E-state index in [-0.39, 0.29) is 12.5 Å². The molecule has 0 fully saturated rings. The lowest BCUT2D eigenvalue weighted by molar-refractivity contribution is -0.118. The molecule has 0 spiro atoms. The lowest BCUT2D eigenvalue weighted by atomic mass is 10.2. The van der Waals surface area contributed by atoms with Gasteiger partial charge in [0.05, 0.1) is 17.8 Å². The van der Waals surface area contributed by atoms with Crippen molar-refractivity contribution in [1.29, 1.82) is 0 Å². The quantitative estimate of drug-likeness (QED) is 0.445. The molecule has 0 saturated heterocycles. The number of nitrogens with zero attached hydrogens (tertiary/aromatic N) is 1. The molecule has 1 aromatic heterocycles. The molecule has 3 aromatic carbocycles. The first-order valence-electron chi connectivity index (χ1n) is 9.25. The van der Waals surface area contributed by atoms with Crippen molar-refractivity contribution in [3.63, 3.8) is 0 Å². The van der Waals surface area contributed by atoms with E-state index in [9.17, 15) is 4.79 Å². The Kier molecular flexibility index (Phi) is 5.59. The summed E-state index contributed by atoms with van der Waals surface area (Å²) in [4.78, 5) is 16.9. The van der Waals surface area contributed by atoms with Crippen molar-refractivity contribution in [3.05, 3.63) is 71.2 Å². The first kappa shape index (κ1) is 19.8. The van der Waals surface area contributed by atoms with Gasteiger partial charge in [0.15, 0.2) is 12.2 Å². The van der Waals surface area contributed by atoms with Crippen LogP contribution < -0.4 is 14.8 Å². The SMILES string of the molecule is COc1ccc(OCC(=O)Nc2cc(-c3nc4cc(C)ccc4o3)ccc2Cl)cc1. The zero-order valence-corrected chi connectivity index (χ0v) is 17.2. The molecule has 0 aliphatic rings. The number of ether oxygens (including phenoxy) is 2. The van der Waals surface area contributed by atoms with Gasteiger partial charge in [-0.1, -0.05) is 17.7 Å². The molecule has 0 unspecified atom stereocenters. The van der Waals surface area contributed by atoms with Crippen molar-refractivity contribution in [1.82, 2.24) is 4.98 Å². The van der Waals surface area contributed by atoms with E-state index in [1.54, 1.807) is 49.6 Å². The van der Waals surface area contributed by atoms with Gasteiger partial charge >= 0.3 is 0 Å². The van der Waals surface area contributed by atoms with Crippen molar-refractivity contribution in [2.75, 3.05) is 19.0 Å². The van der Waals surface area contributed by atoms with Crippen LogP contribution in [-0.2, 0) is 4.79 Å². The summed E-state index contributed by atoms with van der Waals surface area (Å²) in [7, 11) is 1.59. The number of carbonyl (C=O) groups is 1. The van der Waals surface area contributed by atoms with Crippen molar-refractivity contribution < 1.29 is 18.7 Å². The fourth-order valence-electron chi connectivity index (χ4n) is 2.92. The average Bonchev–Trinajstić information content (AvgIpc) is 3.17. The van der Waals surface area contributed by atoms with Gasteiger partial charge in [-0.15, -0.1) is 0 Å². The molecule has 1 N–H and O–H groups in total. The summed E-state index contributed by atoms with van der Waals surface area (Å²) in [5, 5.41) is 3.17. The predicted octanol–water partition coefficient (Wildman–Crippen LogP) is 5.48. The summed E-state index contributed by atoms with van der Waals surface area (Å²) in [6.45, 7) is 1.84. The predicted molar refractivity (Wildman–Crippen MR) is 116 cm³/mol. The molecule has 152 valence electrons. The number of carbonyl (C=O) groups excluding carboxylic acids is 1. The number of benzene rings is 3. The zero-order chi connectivity index (χ0) is 21.1. The van der Waals surface area contributed by atoms with Gasteiger partial charge in [0.1, 0.15) is 17.0 Å². The minimum atomic E-state index is -0.335. The molecule has 0 aliphatic carbocycles. The highest BCUT2D eigenvalue weighted by Crippen LogP contribution is 2.30. The molecule has 0 radical (unpaired) electrons. The Morgan fingerprint density at radius 2 is 1.83 bits per heavy atom. The van der Waals surface area contributed by atoms with Crippen LogP contribution in [0, 0.1) is 6.92 Å². The van der Waals surface area contributed by atoms with Gasteiger partial charge in [-0.3, -0.25) is 4.79 Å². The van der Waals surface area contributed by atoms with Crippen LogP contribution >= 0.6 is 11.6 Å². The van der Waals surface area contributed by atoms with Gasteiger partial charge in [0, 0.05) is 5.56 Å². The van der Waals surface area contributed by atoms with Crippen LogP contribution in [0.3, 0.4) is 0 Å². The second kappa shape index (κ2) is 8.47. The minimum absolute atomic E-state index is 0.158. The topological polar surface area (TPSA) is 73.6 Å². The molecule has 4 aromatic rings. The highest BCUT2D eigenvalue weighted by Gasteiger charge is 2.13. The Morgan fingerprint density at radius 1 is 1.07 bits per heavy atom. The minimum Gasteiger partial charge on any atom is -0.497 e. The summed E-state index contributed by atoms with van der Waals surface area (Å²) < 4.78 is 16.4. The second-order valence-corrected chi connectivity index (χ2v) is 7.10. The van der Waals surface area contributed by atoms with Crippen molar-refractivity contribution in [2.45, 2.75) is 6.92 Å². The summed E-state index contributed by atoms with van der Waals surface area (Å²) in [6, 6.07) is 18.0. The molecule has 4 rings (SSSR count). The van der Waals surface area contributed by atoms with Crippen molar-refractivity contribution in [3.8, 4) is 23.0 Å². The fourth-order valence-corrected chi connectivity index (χ4v) is 3.09. The number of aromatic nitrogens is 1. The van der Waals surface area contributed by atoms with Crippen LogP contribution in [0.15, 0.2) is 65.1 Å². The lowest BCUT2D eigenvalue weighted by Gasteiger charge is -2.10. The van der Waals surface area contributed by atoms with Crippen molar-refractivity contribution in [2.24, 2.45) is 0 Å². The van der Waals surface area contributed by atoms with E-state index < -0.39 is 0 Å². The highest BCUT2D eigenvalue weighted by molar-refractivity contribution is 6.33. The van der Waals surface area contributed by atoms with Gasteiger partial charge in [-0.25, -0.2) is 4.98 Å². The Balaban J connectivity index is 1.47. The number of fused-ring (bicyclic) bond motifs is 1. The maximum Gasteiger partial charge on any atom is 0.262 e. The highest BCUT2D eigenvalue weighted by atomic mass is 35.5. The standard InChI is InChI=1S/C23H19ClN2O4/c1-14-3-10-21-20(11-14)26-23(30-21)15-4-9-18(24)19(12-15)25-22(27)13-29-17-7-5-16(28-2)6-8-17/h3-12H,13H2,1-2H3,(H,25,27). The first-order valence-corrected chi connectivity index (χ1v) is 9.63. The third kappa shape index (κ3) is 4.39. The summed E-state index contributed by atoms with van der Waals surface area (Å²) in [5.41, 5.74) is 3.74. The van der Waals surface area contributed by atoms with E-state index in [0.29, 0.717) is 39.2 Å². The molecule has 0 aliphatic heterocycles. The van der Waals surface area contributed by atoms with Crippen LogP contribution in [0.5, 0.6) is 11.5 Å². The molecule has 30 heavy (non-hydrogen) atoms. The Labute approximate surface area is 178 Å². The third-order valence-corrected chi connectivity index (χ3v) is 4.79. The zero-order valence-electron chi connectivity index (χ0n) is 16.4. The summed E-state index contributed by atoms with van der Waals surface area (Å²) in [5.74, 6) is 1.40.